The summed E-state index contributed by atoms with van der Waals surface area (Å²) in [5, 5.41) is 3.16. The van der Waals surface area contributed by atoms with Gasteiger partial charge in [-0.1, -0.05) is 11.6 Å². The number of halogens is 2. The van der Waals surface area contributed by atoms with Gasteiger partial charge in [-0.25, -0.2) is 4.39 Å². The lowest BCUT2D eigenvalue weighted by atomic mass is 10.1. The highest BCUT2D eigenvalue weighted by Crippen LogP contribution is 2.30. The molecule has 5 nitrogen and oxygen atoms in total. The SMILES string of the molecule is CC1C(=O)NCCCN1C(=O)c1cc(Cl)ccc1Oc1ccc(F)cc1. The van der Waals surface area contributed by atoms with Gasteiger partial charge in [0.1, 0.15) is 23.4 Å². The first-order chi connectivity index (χ1) is 12.5. The van der Waals surface area contributed by atoms with Crippen molar-refractivity contribution in [3.63, 3.8) is 0 Å². The Morgan fingerprint density at radius 2 is 2.00 bits per heavy atom. The van der Waals surface area contributed by atoms with Gasteiger partial charge < -0.3 is 15.0 Å². The van der Waals surface area contributed by atoms with E-state index in [1.54, 1.807) is 19.1 Å². The molecule has 136 valence electrons. The molecule has 0 saturated carbocycles. The largest absolute Gasteiger partial charge is 0.457 e. The van der Waals surface area contributed by atoms with Crippen molar-refractivity contribution < 1.29 is 18.7 Å². The van der Waals surface area contributed by atoms with Gasteiger partial charge in [0.05, 0.1) is 5.56 Å². The first-order valence-corrected chi connectivity index (χ1v) is 8.65. The summed E-state index contributed by atoms with van der Waals surface area (Å²) in [6, 6.07) is 9.60. The Bertz CT molecular complexity index is 826. The lowest BCUT2D eigenvalue weighted by molar-refractivity contribution is -0.124. The molecule has 1 N–H and O–H groups in total. The zero-order valence-corrected chi connectivity index (χ0v) is 14.9. The van der Waals surface area contributed by atoms with Crippen molar-refractivity contribution in [3.8, 4) is 11.5 Å². The fourth-order valence-electron chi connectivity index (χ4n) is 2.76. The summed E-state index contributed by atoms with van der Waals surface area (Å²) < 4.78 is 18.8. The number of carbonyl (C=O) groups excluding carboxylic acids is 2. The van der Waals surface area contributed by atoms with E-state index in [4.69, 9.17) is 16.3 Å². The molecule has 1 aliphatic rings. The molecule has 2 aromatic carbocycles. The van der Waals surface area contributed by atoms with E-state index in [1.807, 2.05) is 0 Å². The van der Waals surface area contributed by atoms with Crippen LogP contribution in [0.1, 0.15) is 23.7 Å². The normalized spacial score (nSPS) is 17.4. The third kappa shape index (κ3) is 3.96. The van der Waals surface area contributed by atoms with E-state index >= 15 is 0 Å². The molecule has 1 saturated heterocycles. The molecule has 26 heavy (non-hydrogen) atoms. The number of carbonyl (C=O) groups is 2. The third-order valence-electron chi connectivity index (χ3n) is 4.20. The summed E-state index contributed by atoms with van der Waals surface area (Å²) in [6.07, 6.45) is 0.663. The molecule has 1 unspecified atom stereocenters. The standard InChI is InChI=1S/C19H18ClFN2O3/c1-12-18(24)22-9-2-10-23(12)19(25)16-11-13(20)3-8-17(16)26-15-6-4-14(21)5-7-15/h3-8,11-12H,2,9-10H2,1H3,(H,22,24). The summed E-state index contributed by atoms with van der Waals surface area (Å²) in [5.74, 6) is -0.227. The molecule has 0 spiro atoms. The van der Waals surface area contributed by atoms with Gasteiger partial charge in [-0.05, 0) is 55.8 Å². The minimum Gasteiger partial charge on any atom is -0.457 e. The first kappa shape index (κ1) is 18.2. The number of amides is 2. The van der Waals surface area contributed by atoms with Crippen LogP contribution in [0.5, 0.6) is 11.5 Å². The molecule has 3 rings (SSSR count). The fourth-order valence-corrected chi connectivity index (χ4v) is 2.94. The van der Waals surface area contributed by atoms with E-state index in [1.165, 1.54) is 35.2 Å². The van der Waals surface area contributed by atoms with Crippen molar-refractivity contribution >= 4 is 23.4 Å². The van der Waals surface area contributed by atoms with Crippen molar-refractivity contribution in [3.05, 3.63) is 58.9 Å². The maximum Gasteiger partial charge on any atom is 0.258 e. The molecule has 7 heteroatoms. The predicted molar refractivity (Wildman–Crippen MR) is 96.1 cm³/mol. The highest BCUT2D eigenvalue weighted by Gasteiger charge is 2.30. The third-order valence-corrected chi connectivity index (χ3v) is 4.43. The Labute approximate surface area is 155 Å². The van der Waals surface area contributed by atoms with Crippen LogP contribution in [0.2, 0.25) is 5.02 Å². The van der Waals surface area contributed by atoms with E-state index in [9.17, 15) is 14.0 Å². The summed E-state index contributed by atoms with van der Waals surface area (Å²) >= 11 is 6.07. The molecule has 1 fully saturated rings. The van der Waals surface area contributed by atoms with Crippen molar-refractivity contribution in [2.45, 2.75) is 19.4 Å². The van der Waals surface area contributed by atoms with E-state index < -0.39 is 6.04 Å². The number of rotatable bonds is 3. The second-order valence-electron chi connectivity index (χ2n) is 6.02. The quantitative estimate of drug-likeness (QED) is 0.890. The van der Waals surface area contributed by atoms with Crippen molar-refractivity contribution in [1.29, 1.82) is 0 Å². The lowest BCUT2D eigenvalue weighted by Crippen LogP contribution is -2.45. The Hall–Kier alpha value is -2.60. The molecular weight excluding hydrogens is 359 g/mol. The van der Waals surface area contributed by atoms with Crippen LogP contribution in [0.15, 0.2) is 42.5 Å². The molecule has 1 aliphatic heterocycles. The molecule has 0 aromatic heterocycles. The molecule has 0 bridgehead atoms. The van der Waals surface area contributed by atoms with Crippen LogP contribution in [-0.2, 0) is 4.79 Å². The van der Waals surface area contributed by atoms with Crippen molar-refractivity contribution in [2.75, 3.05) is 13.1 Å². The number of benzene rings is 2. The highest BCUT2D eigenvalue weighted by molar-refractivity contribution is 6.31. The maximum absolute atomic E-state index is 13.1. The molecule has 2 aromatic rings. The fraction of sp³-hybridized carbons (Fsp3) is 0.263. The zero-order valence-electron chi connectivity index (χ0n) is 14.2. The number of nitrogens with one attached hydrogen (secondary N) is 1. The van der Waals surface area contributed by atoms with Crippen LogP contribution >= 0.6 is 11.6 Å². The number of nitrogens with zero attached hydrogens (tertiary/aromatic N) is 1. The minimum absolute atomic E-state index is 0.195. The predicted octanol–water partition coefficient (Wildman–Crippen LogP) is 3.62. The van der Waals surface area contributed by atoms with Gasteiger partial charge in [0, 0.05) is 18.1 Å². The van der Waals surface area contributed by atoms with Gasteiger partial charge in [-0.15, -0.1) is 0 Å². The van der Waals surface area contributed by atoms with E-state index in [2.05, 4.69) is 5.32 Å². The van der Waals surface area contributed by atoms with Gasteiger partial charge in [-0.2, -0.15) is 0 Å². The average molecular weight is 377 g/mol. The molecule has 1 heterocycles. The van der Waals surface area contributed by atoms with Gasteiger partial charge in [-0.3, -0.25) is 9.59 Å². The second-order valence-corrected chi connectivity index (χ2v) is 6.45. The number of hydrogen-bond donors (Lipinski definition) is 1. The average Bonchev–Trinajstić information content (AvgIpc) is 2.79. The molecule has 2 amide bonds. The smallest absolute Gasteiger partial charge is 0.258 e. The molecular formula is C19H18ClFN2O3. The molecule has 1 atom stereocenters. The number of hydrogen-bond acceptors (Lipinski definition) is 3. The summed E-state index contributed by atoms with van der Waals surface area (Å²) in [5.41, 5.74) is 0.253. The Morgan fingerprint density at radius 1 is 1.27 bits per heavy atom. The lowest BCUT2D eigenvalue weighted by Gasteiger charge is -2.26. The summed E-state index contributed by atoms with van der Waals surface area (Å²) in [6.45, 7) is 2.66. The van der Waals surface area contributed by atoms with E-state index in [-0.39, 0.29) is 23.2 Å². The first-order valence-electron chi connectivity index (χ1n) is 8.27. The van der Waals surface area contributed by atoms with Crippen LogP contribution in [-0.4, -0.2) is 35.8 Å². The van der Waals surface area contributed by atoms with Crippen LogP contribution in [0, 0.1) is 5.82 Å². The topological polar surface area (TPSA) is 58.6 Å². The van der Waals surface area contributed by atoms with Crippen LogP contribution in [0.25, 0.3) is 0 Å². The second kappa shape index (κ2) is 7.74. The van der Waals surface area contributed by atoms with Gasteiger partial charge in [0.25, 0.3) is 5.91 Å². The maximum atomic E-state index is 13.1. The van der Waals surface area contributed by atoms with Crippen molar-refractivity contribution in [1.82, 2.24) is 10.2 Å². The van der Waals surface area contributed by atoms with Crippen LogP contribution < -0.4 is 10.1 Å². The Balaban J connectivity index is 1.92. The zero-order chi connectivity index (χ0) is 18.7. The number of ether oxygens (including phenoxy) is 1. The van der Waals surface area contributed by atoms with E-state index in [0.717, 1.165) is 0 Å². The van der Waals surface area contributed by atoms with Crippen LogP contribution in [0.4, 0.5) is 4.39 Å². The highest BCUT2D eigenvalue weighted by atomic mass is 35.5. The molecule has 0 radical (unpaired) electrons. The van der Waals surface area contributed by atoms with Gasteiger partial charge in [0.15, 0.2) is 0 Å². The monoisotopic (exact) mass is 376 g/mol. The Kier molecular flexibility index (Phi) is 5.42. The molecule has 0 aliphatic carbocycles. The van der Waals surface area contributed by atoms with Gasteiger partial charge in [0.2, 0.25) is 5.91 Å². The van der Waals surface area contributed by atoms with E-state index in [0.29, 0.717) is 36.0 Å². The van der Waals surface area contributed by atoms with Gasteiger partial charge >= 0.3 is 0 Å². The Morgan fingerprint density at radius 3 is 2.73 bits per heavy atom. The van der Waals surface area contributed by atoms with Crippen molar-refractivity contribution in [2.24, 2.45) is 0 Å². The minimum atomic E-state index is -0.595. The van der Waals surface area contributed by atoms with Crippen LogP contribution in [0.3, 0.4) is 0 Å². The summed E-state index contributed by atoms with van der Waals surface area (Å²) in [4.78, 5) is 26.6. The summed E-state index contributed by atoms with van der Waals surface area (Å²) in [7, 11) is 0.